The molecule has 1 aliphatic rings. The minimum atomic E-state index is 0.753. The van der Waals surface area contributed by atoms with Gasteiger partial charge in [0.25, 0.3) is 0 Å². The van der Waals surface area contributed by atoms with E-state index in [1.54, 1.807) is 0 Å². The molecule has 1 aliphatic heterocycles. The van der Waals surface area contributed by atoms with Crippen molar-refractivity contribution >= 4 is 28.5 Å². The van der Waals surface area contributed by atoms with Gasteiger partial charge in [-0.2, -0.15) is 0 Å². The Balaban J connectivity index is 1.74. The molecule has 2 rings (SSSR count). The molecule has 0 radical (unpaired) electrons. The van der Waals surface area contributed by atoms with Crippen LogP contribution in [0.5, 0.6) is 0 Å². The molecule has 0 aromatic carbocycles. The zero-order chi connectivity index (χ0) is 12.1. The minimum absolute atomic E-state index is 0.753. The van der Waals surface area contributed by atoms with Crippen molar-refractivity contribution in [1.29, 1.82) is 0 Å². The fourth-order valence-corrected chi connectivity index (χ4v) is 2.42. The van der Waals surface area contributed by atoms with E-state index < -0.39 is 0 Å². The van der Waals surface area contributed by atoms with Crippen LogP contribution < -0.4 is 5.32 Å². The molecule has 94 valence electrons. The van der Waals surface area contributed by atoms with E-state index in [-0.39, 0.29) is 0 Å². The lowest BCUT2D eigenvalue weighted by Crippen LogP contribution is -2.35. The summed E-state index contributed by atoms with van der Waals surface area (Å²) in [4.78, 5) is 11.0. The highest BCUT2D eigenvalue weighted by Crippen LogP contribution is 2.17. The largest absolute Gasteiger partial charge is 0.354 e. The van der Waals surface area contributed by atoms with Crippen LogP contribution in [-0.4, -0.2) is 41.0 Å². The fourth-order valence-electron chi connectivity index (χ4n) is 2.15. The molecule has 0 saturated carbocycles. The van der Waals surface area contributed by atoms with Crippen molar-refractivity contribution < 1.29 is 0 Å². The lowest BCUT2D eigenvalue weighted by atomic mass is 9.97. The van der Waals surface area contributed by atoms with Gasteiger partial charge >= 0.3 is 0 Å². The monoisotopic (exact) mass is 346 g/mol. The van der Waals surface area contributed by atoms with Gasteiger partial charge in [0.05, 0.1) is 0 Å². The maximum Gasteiger partial charge on any atom is 0.222 e. The normalized spacial score (nSPS) is 18.2. The van der Waals surface area contributed by atoms with Gasteiger partial charge < -0.3 is 10.2 Å². The van der Waals surface area contributed by atoms with Crippen LogP contribution in [0.2, 0.25) is 0 Å². The number of hydrogen-bond acceptors (Lipinski definition) is 4. The summed E-state index contributed by atoms with van der Waals surface area (Å²) >= 11 is 2.22. The van der Waals surface area contributed by atoms with Gasteiger partial charge in [0.2, 0.25) is 5.95 Å². The predicted molar refractivity (Wildman–Crippen MR) is 78.1 cm³/mol. The second-order valence-corrected chi connectivity index (χ2v) is 5.73. The summed E-state index contributed by atoms with van der Waals surface area (Å²) in [5.74, 6) is 1.52. The molecule has 17 heavy (non-hydrogen) atoms. The molecule has 1 aromatic rings. The van der Waals surface area contributed by atoms with Crippen LogP contribution >= 0.6 is 22.6 Å². The van der Waals surface area contributed by atoms with Gasteiger partial charge in [-0.1, -0.05) is 6.92 Å². The molecule has 0 aliphatic carbocycles. The molecule has 1 fully saturated rings. The minimum Gasteiger partial charge on any atom is -0.354 e. The van der Waals surface area contributed by atoms with Gasteiger partial charge in [0.15, 0.2) is 0 Å². The van der Waals surface area contributed by atoms with Crippen molar-refractivity contribution in [2.24, 2.45) is 5.92 Å². The molecule has 0 unspecified atom stereocenters. The van der Waals surface area contributed by atoms with Gasteiger partial charge in [-0.3, -0.25) is 0 Å². The standard InChI is InChI=1S/C12H19IN4/c1-2-17-5-3-10(4-6-17)7-14-12-15-8-11(13)9-16-12/h8-10H,2-7H2,1H3,(H,14,15,16). The van der Waals surface area contributed by atoms with Gasteiger partial charge in [0, 0.05) is 22.5 Å². The summed E-state index contributed by atoms with van der Waals surface area (Å²) < 4.78 is 1.07. The first-order valence-electron chi connectivity index (χ1n) is 6.21. The Bertz CT molecular complexity index is 333. The molecular formula is C12H19IN4. The van der Waals surface area contributed by atoms with Crippen molar-refractivity contribution in [3.8, 4) is 0 Å². The molecular weight excluding hydrogens is 327 g/mol. The van der Waals surface area contributed by atoms with E-state index in [0.29, 0.717) is 0 Å². The van der Waals surface area contributed by atoms with E-state index in [2.05, 4.69) is 49.7 Å². The van der Waals surface area contributed by atoms with Crippen molar-refractivity contribution in [3.05, 3.63) is 16.0 Å². The molecule has 0 amide bonds. The second-order valence-electron chi connectivity index (χ2n) is 4.48. The Kier molecular flexibility index (Phi) is 4.97. The summed E-state index contributed by atoms with van der Waals surface area (Å²) in [5.41, 5.74) is 0. The number of rotatable bonds is 4. The molecule has 2 heterocycles. The van der Waals surface area contributed by atoms with Crippen LogP contribution in [0.3, 0.4) is 0 Å². The van der Waals surface area contributed by atoms with Crippen LogP contribution in [0.1, 0.15) is 19.8 Å². The van der Waals surface area contributed by atoms with Crippen LogP contribution in [0.25, 0.3) is 0 Å². The Labute approximate surface area is 116 Å². The third-order valence-corrected chi connectivity index (χ3v) is 3.88. The number of likely N-dealkylation sites (tertiary alicyclic amines) is 1. The number of nitrogens with one attached hydrogen (secondary N) is 1. The number of anilines is 1. The molecule has 1 N–H and O–H groups in total. The number of halogens is 1. The number of hydrogen-bond donors (Lipinski definition) is 1. The van der Waals surface area contributed by atoms with E-state index in [0.717, 1.165) is 22.0 Å². The van der Waals surface area contributed by atoms with Crippen LogP contribution in [0.15, 0.2) is 12.4 Å². The summed E-state index contributed by atoms with van der Waals surface area (Å²) in [7, 11) is 0. The SMILES string of the molecule is CCN1CCC(CNc2ncc(I)cn2)CC1. The molecule has 0 bridgehead atoms. The van der Waals surface area contributed by atoms with Gasteiger partial charge in [-0.05, 0) is 61.0 Å². The first kappa shape index (κ1) is 13.0. The van der Waals surface area contributed by atoms with Crippen molar-refractivity contribution in [1.82, 2.24) is 14.9 Å². The average Bonchev–Trinajstić information content (AvgIpc) is 2.39. The third kappa shape index (κ3) is 4.06. The number of nitrogens with zero attached hydrogens (tertiary/aromatic N) is 3. The van der Waals surface area contributed by atoms with E-state index in [1.165, 1.54) is 32.5 Å². The topological polar surface area (TPSA) is 41.0 Å². The van der Waals surface area contributed by atoms with E-state index in [4.69, 9.17) is 0 Å². The van der Waals surface area contributed by atoms with Crippen LogP contribution in [0.4, 0.5) is 5.95 Å². The summed E-state index contributed by atoms with van der Waals surface area (Å²) in [5, 5.41) is 3.33. The highest BCUT2D eigenvalue weighted by atomic mass is 127. The zero-order valence-electron chi connectivity index (χ0n) is 10.2. The zero-order valence-corrected chi connectivity index (χ0v) is 12.4. The Morgan fingerprint density at radius 1 is 1.35 bits per heavy atom. The van der Waals surface area contributed by atoms with E-state index >= 15 is 0 Å². The average molecular weight is 346 g/mol. The maximum atomic E-state index is 4.25. The summed E-state index contributed by atoms with van der Waals surface area (Å²) in [6.07, 6.45) is 6.25. The molecule has 5 heteroatoms. The van der Waals surface area contributed by atoms with Crippen molar-refractivity contribution in [2.75, 3.05) is 31.5 Å². The lowest BCUT2D eigenvalue weighted by Gasteiger charge is -2.30. The Morgan fingerprint density at radius 3 is 2.59 bits per heavy atom. The smallest absolute Gasteiger partial charge is 0.222 e. The lowest BCUT2D eigenvalue weighted by molar-refractivity contribution is 0.198. The van der Waals surface area contributed by atoms with Gasteiger partial charge in [-0.15, -0.1) is 0 Å². The fraction of sp³-hybridized carbons (Fsp3) is 0.667. The quantitative estimate of drug-likeness (QED) is 0.849. The van der Waals surface area contributed by atoms with Crippen molar-refractivity contribution in [3.63, 3.8) is 0 Å². The molecule has 4 nitrogen and oxygen atoms in total. The van der Waals surface area contributed by atoms with E-state index in [1.807, 2.05) is 12.4 Å². The number of piperidine rings is 1. The summed E-state index contributed by atoms with van der Waals surface area (Å²) in [6, 6.07) is 0. The molecule has 0 atom stereocenters. The number of aromatic nitrogens is 2. The second kappa shape index (κ2) is 6.49. The van der Waals surface area contributed by atoms with Crippen LogP contribution in [-0.2, 0) is 0 Å². The highest BCUT2D eigenvalue weighted by molar-refractivity contribution is 14.1. The van der Waals surface area contributed by atoms with Gasteiger partial charge in [-0.25, -0.2) is 9.97 Å². The highest BCUT2D eigenvalue weighted by Gasteiger charge is 2.17. The molecule has 1 saturated heterocycles. The van der Waals surface area contributed by atoms with E-state index in [9.17, 15) is 0 Å². The Hall–Kier alpha value is -0.430. The predicted octanol–water partition coefficient (Wildman–Crippen LogP) is 2.22. The first-order valence-corrected chi connectivity index (χ1v) is 7.29. The summed E-state index contributed by atoms with van der Waals surface area (Å²) in [6.45, 7) is 6.88. The van der Waals surface area contributed by atoms with Gasteiger partial charge in [0.1, 0.15) is 0 Å². The first-order chi connectivity index (χ1) is 8.28. The third-order valence-electron chi connectivity index (χ3n) is 3.32. The molecule has 1 aromatic heterocycles. The van der Waals surface area contributed by atoms with Crippen LogP contribution in [0, 0.1) is 9.49 Å². The van der Waals surface area contributed by atoms with Crippen molar-refractivity contribution in [2.45, 2.75) is 19.8 Å². The molecule has 0 spiro atoms. The maximum absolute atomic E-state index is 4.25. The Morgan fingerprint density at radius 2 is 2.00 bits per heavy atom.